The van der Waals surface area contributed by atoms with Crippen molar-refractivity contribution in [3.63, 3.8) is 0 Å². The molecule has 26 heavy (non-hydrogen) atoms. The average Bonchev–Trinajstić information content (AvgIpc) is 2.65. The van der Waals surface area contributed by atoms with Gasteiger partial charge < -0.3 is 20.1 Å². The molecule has 1 aliphatic heterocycles. The van der Waals surface area contributed by atoms with E-state index < -0.39 is 0 Å². The van der Waals surface area contributed by atoms with Gasteiger partial charge in [0.1, 0.15) is 0 Å². The monoisotopic (exact) mass is 482 g/mol. The third kappa shape index (κ3) is 8.71. The second-order valence-corrected chi connectivity index (χ2v) is 7.75. The number of guanidine groups is 1. The Morgan fingerprint density at radius 3 is 2.50 bits per heavy atom. The lowest BCUT2D eigenvalue weighted by atomic mass is 9.98. The molecule has 0 unspecified atom stereocenters. The molecule has 0 atom stereocenters. The summed E-state index contributed by atoms with van der Waals surface area (Å²) in [4.78, 5) is 6.82. The summed E-state index contributed by atoms with van der Waals surface area (Å²) < 4.78 is 11.4. The van der Waals surface area contributed by atoms with E-state index in [4.69, 9.17) is 9.47 Å². The van der Waals surface area contributed by atoms with E-state index in [1.54, 1.807) is 0 Å². The van der Waals surface area contributed by atoms with Crippen LogP contribution >= 0.6 is 24.0 Å². The number of aliphatic imine (C=N–C) groups is 1. The first-order valence-corrected chi connectivity index (χ1v) is 10.0. The maximum atomic E-state index is 5.97. The van der Waals surface area contributed by atoms with Crippen LogP contribution in [0.2, 0.25) is 0 Å². The SMILES string of the molecule is CN=C(NCCCOC1CCCCC1)NCC(C)(C)N1CCOCC1.I. The molecule has 0 aromatic carbocycles. The van der Waals surface area contributed by atoms with Gasteiger partial charge in [0.05, 0.1) is 19.3 Å². The van der Waals surface area contributed by atoms with E-state index in [0.29, 0.717) is 6.10 Å². The molecule has 0 aromatic rings. The largest absolute Gasteiger partial charge is 0.379 e. The fourth-order valence-corrected chi connectivity index (χ4v) is 3.56. The van der Waals surface area contributed by atoms with Crippen molar-refractivity contribution in [2.24, 2.45) is 4.99 Å². The van der Waals surface area contributed by atoms with Crippen LogP contribution < -0.4 is 10.6 Å². The molecule has 0 amide bonds. The zero-order chi connectivity index (χ0) is 18.0. The van der Waals surface area contributed by atoms with Crippen LogP contribution in [0.5, 0.6) is 0 Å². The average molecular weight is 482 g/mol. The van der Waals surface area contributed by atoms with Crippen LogP contribution in [0.25, 0.3) is 0 Å². The van der Waals surface area contributed by atoms with Gasteiger partial charge >= 0.3 is 0 Å². The van der Waals surface area contributed by atoms with Crippen molar-refractivity contribution in [3.8, 4) is 0 Å². The fraction of sp³-hybridized carbons (Fsp3) is 0.947. The molecule has 154 valence electrons. The maximum absolute atomic E-state index is 5.97. The van der Waals surface area contributed by atoms with Crippen molar-refractivity contribution in [2.45, 2.75) is 64.0 Å². The third-order valence-electron chi connectivity index (χ3n) is 5.30. The van der Waals surface area contributed by atoms with Crippen LogP contribution in [-0.2, 0) is 9.47 Å². The number of hydrogen-bond donors (Lipinski definition) is 2. The molecule has 7 heteroatoms. The number of ether oxygens (including phenoxy) is 2. The Morgan fingerprint density at radius 2 is 1.85 bits per heavy atom. The number of rotatable bonds is 8. The Hall–Kier alpha value is -0.120. The van der Waals surface area contributed by atoms with E-state index >= 15 is 0 Å². The highest BCUT2D eigenvalue weighted by atomic mass is 127. The van der Waals surface area contributed by atoms with Gasteiger partial charge in [-0.05, 0) is 33.1 Å². The summed E-state index contributed by atoms with van der Waals surface area (Å²) in [5.41, 5.74) is 0.0888. The molecule has 0 spiro atoms. The van der Waals surface area contributed by atoms with E-state index in [2.05, 4.69) is 34.4 Å². The Kier molecular flexibility index (Phi) is 12.1. The topological polar surface area (TPSA) is 58.1 Å². The molecule has 0 radical (unpaired) electrons. The summed E-state index contributed by atoms with van der Waals surface area (Å²) >= 11 is 0. The number of nitrogens with zero attached hydrogens (tertiary/aromatic N) is 2. The van der Waals surface area contributed by atoms with Gasteiger partial charge in [0, 0.05) is 45.4 Å². The van der Waals surface area contributed by atoms with Gasteiger partial charge in [0.25, 0.3) is 0 Å². The lowest BCUT2D eigenvalue weighted by molar-refractivity contribution is -0.00834. The first-order chi connectivity index (χ1) is 12.1. The van der Waals surface area contributed by atoms with Crippen LogP contribution in [-0.4, -0.2) is 75.5 Å². The normalized spacial score (nSPS) is 20.5. The Morgan fingerprint density at radius 1 is 1.15 bits per heavy atom. The summed E-state index contributed by atoms with van der Waals surface area (Å²) in [6.45, 7) is 10.8. The highest BCUT2D eigenvalue weighted by Gasteiger charge is 2.28. The highest BCUT2D eigenvalue weighted by Crippen LogP contribution is 2.20. The molecule has 1 saturated carbocycles. The highest BCUT2D eigenvalue weighted by molar-refractivity contribution is 14.0. The second-order valence-electron chi connectivity index (χ2n) is 7.75. The van der Waals surface area contributed by atoms with E-state index in [1.165, 1.54) is 32.1 Å². The molecule has 1 heterocycles. The number of halogens is 1. The van der Waals surface area contributed by atoms with Gasteiger partial charge in [0.15, 0.2) is 5.96 Å². The Labute approximate surface area is 176 Å². The minimum Gasteiger partial charge on any atom is -0.379 e. The van der Waals surface area contributed by atoms with Gasteiger partial charge in [-0.3, -0.25) is 9.89 Å². The van der Waals surface area contributed by atoms with Gasteiger partial charge in [-0.1, -0.05) is 19.3 Å². The van der Waals surface area contributed by atoms with E-state index in [9.17, 15) is 0 Å². The first kappa shape index (κ1) is 23.9. The van der Waals surface area contributed by atoms with Crippen LogP contribution in [0, 0.1) is 0 Å². The lowest BCUT2D eigenvalue weighted by Gasteiger charge is -2.41. The van der Waals surface area contributed by atoms with Gasteiger partial charge in [-0.25, -0.2) is 0 Å². The van der Waals surface area contributed by atoms with Crippen LogP contribution in [0.15, 0.2) is 4.99 Å². The Bertz CT molecular complexity index is 395. The van der Waals surface area contributed by atoms with E-state index in [0.717, 1.165) is 58.4 Å². The van der Waals surface area contributed by atoms with E-state index in [1.807, 2.05) is 7.05 Å². The molecule has 2 rings (SSSR count). The predicted octanol–water partition coefficient (Wildman–Crippen LogP) is 2.62. The fourth-order valence-electron chi connectivity index (χ4n) is 3.56. The molecule has 1 saturated heterocycles. The first-order valence-electron chi connectivity index (χ1n) is 10.0. The molecule has 6 nitrogen and oxygen atoms in total. The second kappa shape index (κ2) is 13.1. The number of hydrogen-bond acceptors (Lipinski definition) is 4. The van der Waals surface area contributed by atoms with Crippen molar-refractivity contribution < 1.29 is 9.47 Å². The van der Waals surface area contributed by atoms with Crippen LogP contribution in [0.4, 0.5) is 0 Å². The number of nitrogens with one attached hydrogen (secondary N) is 2. The summed E-state index contributed by atoms with van der Waals surface area (Å²) in [7, 11) is 1.83. The summed E-state index contributed by atoms with van der Waals surface area (Å²) in [6, 6.07) is 0. The van der Waals surface area contributed by atoms with Crippen molar-refractivity contribution in [1.29, 1.82) is 0 Å². The molecular weight excluding hydrogens is 443 g/mol. The minimum absolute atomic E-state index is 0. The zero-order valence-corrected chi connectivity index (χ0v) is 19.2. The van der Waals surface area contributed by atoms with Gasteiger partial charge in [-0.2, -0.15) is 0 Å². The molecule has 0 bridgehead atoms. The van der Waals surface area contributed by atoms with Crippen molar-refractivity contribution in [1.82, 2.24) is 15.5 Å². The molecule has 2 aliphatic rings. The summed E-state index contributed by atoms with van der Waals surface area (Å²) in [5, 5.41) is 6.86. The standard InChI is InChI=1S/C19H38N4O2.HI/c1-19(2,23-11-14-24-15-12-23)16-22-18(20-3)21-10-7-13-25-17-8-5-4-6-9-17;/h17H,4-16H2,1-3H3,(H2,20,21,22);1H. The predicted molar refractivity (Wildman–Crippen MR) is 119 cm³/mol. The minimum atomic E-state index is 0. The number of morpholine rings is 1. The van der Waals surface area contributed by atoms with Crippen molar-refractivity contribution in [3.05, 3.63) is 0 Å². The van der Waals surface area contributed by atoms with Gasteiger partial charge in [-0.15, -0.1) is 24.0 Å². The smallest absolute Gasteiger partial charge is 0.191 e. The third-order valence-corrected chi connectivity index (χ3v) is 5.30. The van der Waals surface area contributed by atoms with Gasteiger partial charge in [0.2, 0.25) is 0 Å². The lowest BCUT2D eigenvalue weighted by Crippen LogP contribution is -2.56. The van der Waals surface area contributed by atoms with Crippen LogP contribution in [0.3, 0.4) is 0 Å². The summed E-state index contributed by atoms with van der Waals surface area (Å²) in [6.07, 6.45) is 8.05. The molecular formula is C19H39IN4O2. The zero-order valence-electron chi connectivity index (χ0n) is 16.9. The van der Waals surface area contributed by atoms with E-state index in [-0.39, 0.29) is 29.5 Å². The van der Waals surface area contributed by atoms with Crippen LogP contribution in [0.1, 0.15) is 52.4 Å². The maximum Gasteiger partial charge on any atom is 0.191 e. The Balaban J connectivity index is 0.00000338. The molecule has 2 N–H and O–H groups in total. The van der Waals surface area contributed by atoms with Crippen molar-refractivity contribution >= 4 is 29.9 Å². The summed E-state index contributed by atoms with van der Waals surface area (Å²) in [5.74, 6) is 0.874. The van der Waals surface area contributed by atoms with Crippen molar-refractivity contribution in [2.75, 3.05) is 53.0 Å². The molecule has 0 aromatic heterocycles. The quantitative estimate of drug-likeness (QED) is 0.241. The molecule has 1 aliphatic carbocycles. The molecule has 2 fully saturated rings.